The summed E-state index contributed by atoms with van der Waals surface area (Å²) in [6, 6.07) is 12.0. The number of rotatable bonds is 6. The fourth-order valence-electron chi connectivity index (χ4n) is 3.84. The maximum Gasteiger partial charge on any atom is 0.243 e. The molecule has 2 aliphatic rings. The molecule has 1 fully saturated rings. The number of carbonyl (C=O) groups is 2. The molecular formula is C22H24ClN3O4S2. The number of thioether (sulfide) groups is 1. The molecule has 170 valence electrons. The lowest BCUT2D eigenvalue weighted by Crippen LogP contribution is -2.37. The van der Waals surface area contributed by atoms with Crippen molar-refractivity contribution in [1.82, 2.24) is 9.62 Å². The molecule has 2 aromatic rings. The van der Waals surface area contributed by atoms with Crippen molar-refractivity contribution < 1.29 is 18.0 Å². The number of benzene rings is 2. The first-order valence-corrected chi connectivity index (χ1v) is 13.2. The van der Waals surface area contributed by atoms with E-state index in [1.54, 1.807) is 36.4 Å². The molecule has 0 radical (unpaired) electrons. The third-order valence-corrected chi connectivity index (χ3v) is 9.02. The molecule has 0 saturated carbocycles. The predicted molar refractivity (Wildman–Crippen MR) is 125 cm³/mol. The molecule has 10 heteroatoms. The molecule has 1 atom stereocenters. The molecule has 0 aliphatic carbocycles. The number of anilines is 1. The zero-order chi connectivity index (χ0) is 22.7. The fourth-order valence-corrected chi connectivity index (χ4v) is 6.84. The van der Waals surface area contributed by atoms with E-state index in [-0.39, 0.29) is 29.7 Å². The van der Waals surface area contributed by atoms with Crippen LogP contribution in [0, 0.1) is 0 Å². The number of fused-ring (bicyclic) bond motifs is 1. The third kappa shape index (κ3) is 5.11. The summed E-state index contributed by atoms with van der Waals surface area (Å²) in [5, 5.41) is 5.52. The summed E-state index contributed by atoms with van der Waals surface area (Å²) in [7, 11) is -3.61. The van der Waals surface area contributed by atoms with Gasteiger partial charge in [-0.15, -0.1) is 11.8 Å². The molecule has 2 amide bonds. The summed E-state index contributed by atoms with van der Waals surface area (Å²) >= 11 is 7.28. The lowest BCUT2D eigenvalue weighted by atomic mass is 10.2. The third-order valence-electron chi connectivity index (χ3n) is 5.51. The number of amides is 2. The van der Waals surface area contributed by atoms with Gasteiger partial charge in [-0.05, 0) is 42.7 Å². The van der Waals surface area contributed by atoms with E-state index in [1.807, 2.05) is 6.07 Å². The van der Waals surface area contributed by atoms with Gasteiger partial charge < -0.3 is 10.6 Å². The van der Waals surface area contributed by atoms with Gasteiger partial charge in [0, 0.05) is 36.0 Å². The topological polar surface area (TPSA) is 95.6 Å². The van der Waals surface area contributed by atoms with Crippen LogP contribution in [-0.2, 0) is 26.2 Å². The number of halogens is 1. The number of hydrogen-bond acceptors (Lipinski definition) is 5. The first-order chi connectivity index (χ1) is 15.3. The predicted octanol–water partition coefficient (Wildman–Crippen LogP) is 3.63. The van der Waals surface area contributed by atoms with Gasteiger partial charge in [0.1, 0.15) is 0 Å². The van der Waals surface area contributed by atoms with Gasteiger partial charge in [-0.1, -0.05) is 36.2 Å². The van der Waals surface area contributed by atoms with Crippen molar-refractivity contribution in [3.63, 3.8) is 0 Å². The van der Waals surface area contributed by atoms with Crippen molar-refractivity contribution in [2.45, 2.75) is 47.3 Å². The van der Waals surface area contributed by atoms with Gasteiger partial charge in [0.05, 0.1) is 15.8 Å². The highest BCUT2D eigenvalue weighted by Gasteiger charge is 2.30. The zero-order valence-corrected chi connectivity index (χ0v) is 19.7. The summed E-state index contributed by atoms with van der Waals surface area (Å²) in [6.07, 6.45) is 2.73. The van der Waals surface area contributed by atoms with Crippen LogP contribution in [0.15, 0.2) is 52.3 Å². The van der Waals surface area contributed by atoms with E-state index in [0.29, 0.717) is 29.4 Å². The van der Waals surface area contributed by atoms with Crippen LogP contribution in [-0.4, -0.2) is 42.9 Å². The van der Waals surface area contributed by atoms with Crippen molar-refractivity contribution in [3.8, 4) is 0 Å². The molecule has 0 aromatic heterocycles. The van der Waals surface area contributed by atoms with E-state index in [1.165, 1.54) is 16.1 Å². The number of nitrogens with zero attached hydrogens (tertiary/aromatic N) is 1. The highest BCUT2D eigenvalue weighted by molar-refractivity contribution is 8.01. The molecule has 1 unspecified atom stereocenters. The second-order valence-corrected chi connectivity index (χ2v) is 11.4. The Hall–Kier alpha value is -2.07. The smallest absolute Gasteiger partial charge is 0.243 e. The van der Waals surface area contributed by atoms with Crippen LogP contribution in [0.4, 0.5) is 5.69 Å². The van der Waals surface area contributed by atoms with Crippen molar-refractivity contribution in [1.29, 1.82) is 0 Å². The Morgan fingerprint density at radius 2 is 1.91 bits per heavy atom. The van der Waals surface area contributed by atoms with Crippen LogP contribution >= 0.6 is 23.4 Å². The monoisotopic (exact) mass is 493 g/mol. The van der Waals surface area contributed by atoms with Crippen LogP contribution in [0.5, 0.6) is 0 Å². The Balaban J connectivity index is 1.41. The Labute approximate surface area is 196 Å². The fraction of sp³-hybridized carbons (Fsp3) is 0.364. The molecule has 2 aromatic carbocycles. The molecular weight excluding hydrogens is 470 g/mol. The summed E-state index contributed by atoms with van der Waals surface area (Å²) < 4.78 is 27.7. The van der Waals surface area contributed by atoms with E-state index < -0.39 is 15.3 Å². The summed E-state index contributed by atoms with van der Waals surface area (Å²) in [4.78, 5) is 26.0. The highest BCUT2D eigenvalue weighted by atomic mass is 35.5. The Morgan fingerprint density at radius 3 is 2.69 bits per heavy atom. The van der Waals surface area contributed by atoms with Crippen molar-refractivity contribution in [2.24, 2.45) is 0 Å². The van der Waals surface area contributed by atoms with E-state index >= 15 is 0 Å². The van der Waals surface area contributed by atoms with Gasteiger partial charge in [-0.2, -0.15) is 4.31 Å². The molecule has 0 bridgehead atoms. The Kier molecular flexibility index (Phi) is 7.09. The highest BCUT2D eigenvalue weighted by Crippen LogP contribution is 2.38. The number of sulfonamides is 1. The molecule has 32 heavy (non-hydrogen) atoms. The standard InChI is InChI=1S/C22H24ClN3O4S2/c23-16-8-9-18-17(12-16)25-22(28)19(31-18)13-21(27)24-14-15-6-2-3-7-20(15)32(29,30)26-10-4-1-5-11-26/h2-3,6-9,12,19H,1,4-5,10-11,13-14H2,(H,24,27)(H,25,28). The van der Waals surface area contributed by atoms with Crippen molar-refractivity contribution >= 4 is 50.9 Å². The molecule has 0 spiro atoms. The van der Waals surface area contributed by atoms with Gasteiger partial charge in [0.2, 0.25) is 21.8 Å². The number of hydrogen-bond donors (Lipinski definition) is 2. The minimum Gasteiger partial charge on any atom is -0.352 e. The lowest BCUT2D eigenvalue weighted by Gasteiger charge is -2.27. The summed E-state index contributed by atoms with van der Waals surface area (Å²) in [6.45, 7) is 1.11. The maximum absolute atomic E-state index is 13.1. The van der Waals surface area contributed by atoms with Gasteiger partial charge in [0.15, 0.2) is 0 Å². The Bertz CT molecular complexity index is 1130. The van der Waals surface area contributed by atoms with Gasteiger partial charge in [0.25, 0.3) is 0 Å². The average molecular weight is 494 g/mol. The maximum atomic E-state index is 13.1. The SMILES string of the molecule is O=C(CC1Sc2ccc(Cl)cc2NC1=O)NCc1ccccc1S(=O)(=O)N1CCCCC1. The Morgan fingerprint density at radius 1 is 1.16 bits per heavy atom. The van der Waals surface area contributed by atoms with Crippen LogP contribution in [0.1, 0.15) is 31.2 Å². The molecule has 7 nitrogen and oxygen atoms in total. The second-order valence-electron chi connectivity index (χ2n) is 7.79. The largest absolute Gasteiger partial charge is 0.352 e. The van der Waals surface area contributed by atoms with Crippen LogP contribution in [0.2, 0.25) is 5.02 Å². The zero-order valence-electron chi connectivity index (χ0n) is 17.3. The minimum absolute atomic E-state index is 0.0143. The molecule has 2 N–H and O–H groups in total. The van der Waals surface area contributed by atoms with Gasteiger partial charge >= 0.3 is 0 Å². The number of carbonyl (C=O) groups excluding carboxylic acids is 2. The van der Waals surface area contributed by atoms with E-state index in [2.05, 4.69) is 10.6 Å². The normalized spacial score (nSPS) is 19.2. The molecule has 2 aliphatic heterocycles. The number of nitrogens with one attached hydrogen (secondary N) is 2. The second kappa shape index (κ2) is 9.82. The number of piperidine rings is 1. The van der Waals surface area contributed by atoms with Gasteiger partial charge in [-0.25, -0.2) is 8.42 Å². The molecule has 1 saturated heterocycles. The van der Waals surface area contributed by atoms with E-state index in [0.717, 1.165) is 24.2 Å². The van der Waals surface area contributed by atoms with Crippen LogP contribution in [0.3, 0.4) is 0 Å². The molecule has 4 rings (SSSR count). The first-order valence-electron chi connectivity index (χ1n) is 10.5. The van der Waals surface area contributed by atoms with Crippen LogP contribution < -0.4 is 10.6 Å². The van der Waals surface area contributed by atoms with Crippen LogP contribution in [0.25, 0.3) is 0 Å². The van der Waals surface area contributed by atoms with E-state index in [9.17, 15) is 18.0 Å². The molecule has 2 heterocycles. The van der Waals surface area contributed by atoms with Crippen molar-refractivity contribution in [3.05, 3.63) is 53.1 Å². The van der Waals surface area contributed by atoms with E-state index in [4.69, 9.17) is 11.6 Å². The quantitative estimate of drug-likeness (QED) is 0.640. The van der Waals surface area contributed by atoms with Crippen molar-refractivity contribution in [2.75, 3.05) is 18.4 Å². The summed E-state index contributed by atoms with van der Waals surface area (Å²) in [5.74, 6) is -0.576. The lowest BCUT2D eigenvalue weighted by molar-refractivity contribution is -0.124. The average Bonchev–Trinajstić information content (AvgIpc) is 2.79. The van der Waals surface area contributed by atoms with Gasteiger partial charge in [-0.3, -0.25) is 9.59 Å². The summed E-state index contributed by atoms with van der Waals surface area (Å²) in [5.41, 5.74) is 1.17. The first kappa shape index (κ1) is 23.1. The minimum atomic E-state index is -3.61.